The number of aromatic carboxylic acids is 1. The van der Waals surface area contributed by atoms with Crippen LogP contribution in [0.4, 0.5) is 5.69 Å². The second-order valence-corrected chi connectivity index (χ2v) is 4.43. The molecule has 1 aromatic carbocycles. The fourth-order valence-corrected chi connectivity index (χ4v) is 1.88. The van der Waals surface area contributed by atoms with Crippen LogP contribution in [-0.4, -0.2) is 18.9 Å². The summed E-state index contributed by atoms with van der Waals surface area (Å²) in [5.41, 5.74) is 4.37. The molecule has 0 fully saturated rings. The van der Waals surface area contributed by atoms with Gasteiger partial charge in [-0.25, -0.2) is 0 Å². The maximum Gasteiger partial charge on any atom is 1.00 e. The minimum atomic E-state index is -4.52. The summed E-state index contributed by atoms with van der Waals surface area (Å²) in [6, 6.07) is 1.55. The van der Waals surface area contributed by atoms with Gasteiger partial charge in [-0.2, -0.15) is 8.42 Å². The Morgan fingerprint density at radius 1 is 1.44 bits per heavy atom. The van der Waals surface area contributed by atoms with Crippen LogP contribution in [0.2, 0.25) is 5.02 Å². The van der Waals surface area contributed by atoms with E-state index in [9.17, 15) is 18.3 Å². The molecule has 6 nitrogen and oxygen atoms in total. The van der Waals surface area contributed by atoms with E-state index in [1.807, 2.05) is 0 Å². The SMILES string of the molecule is Nc1cc(C(=O)[O-])c(Cl)cc1S(=O)(=O)O.[Li+]. The third-order valence-electron chi connectivity index (χ3n) is 1.60. The molecule has 0 saturated carbocycles. The second-order valence-electron chi connectivity index (χ2n) is 2.63. The average molecular weight is 258 g/mol. The second kappa shape index (κ2) is 5.08. The number of rotatable bonds is 2. The molecule has 0 spiro atoms. The molecule has 0 atom stereocenters. The van der Waals surface area contributed by atoms with E-state index < -0.39 is 32.2 Å². The third-order valence-corrected chi connectivity index (χ3v) is 2.82. The first-order valence-corrected chi connectivity index (χ1v) is 5.33. The summed E-state index contributed by atoms with van der Waals surface area (Å²) in [5.74, 6) is -1.59. The van der Waals surface area contributed by atoms with Gasteiger partial charge in [-0.15, -0.1) is 0 Å². The van der Waals surface area contributed by atoms with Crippen molar-refractivity contribution in [3.8, 4) is 0 Å². The minimum Gasteiger partial charge on any atom is -0.545 e. The molecule has 16 heavy (non-hydrogen) atoms. The number of carbonyl (C=O) groups excluding carboxylic acids is 1. The Balaban J connectivity index is 0.00000225. The first-order valence-electron chi connectivity index (χ1n) is 3.51. The number of halogens is 1. The molecule has 0 unspecified atom stereocenters. The van der Waals surface area contributed by atoms with Crippen molar-refractivity contribution < 1.29 is 41.7 Å². The van der Waals surface area contributed by atoms with Gasteiger partial charge in [-0.3, -0.25) is 4.55 Å². The van der Waals surface area contributed by atoms with Crippen molar-refractivity contribution in [2.75, 3.05) is 5.73 Å². The molecule has 0 aliphatic carbocycles. The van der Waals surface area contributed by atoms with Crippen LogP contribution in [0.25, 0.3) is 0 Å². The summed E-state index contributed by atoms with van der Waals surface area (Å²) < 4.78 is 30.2. The molecule has 0 saturated heterocycles. The average Bonchev–Trinajstić information content (AvgIpc) is 2.06. The molecule has 0 aromatic heterocycles. The van der Waals surface area contributed by atoms with E-state index in [0.29, 0.717) is 0 Å². The largest absolute Gasteiger partial charge is 1.00 e. The standard InChI is InChI=1S/C7H6ClNO5S.Li/c8-4-2-6(15(12,13)14)5(9)1-3(4)7(10)11;/h1-2H,9H2,(H,10,11)(H,12,13,14);/q;+1/p-1. The minimum absolute atomic E-state index is 0. The van der Waals surface area contributed by atoms with Crippen molar-refractivity contribution in [2.45, 2.75) is 4.90 Å². The molecule has 0 bridgehead atoms. The van der Waals surface area contributed by atoms with Crippen LogP contribution in [0.1, 0.15) is 10.4 Å². The summed E-state index contributed by atoms with van der Waals surface area (Å²) in [6.45, 7) is 0. The number of hydrogen-bond acceptors (Lipinski definition) is 5. The molecule has 82 valence electrons. The number of anilines is 1. The number of carbonyl (C=O) groups is 1. The van der Waals surface area contributed by atoms with Gasteiger partial charge < -0.3 is 15.6 Å². The molecule has 1 rings (SSSR count). The van der Waals surface area contributed by atoms with E-state index in [1.54, 1.807) is 0 Å². The van der Waals surface area contributed by atoms with Crippen molar-refractivity contribution in [3.63, 3.8) is 0 Å². The predicted molar refractivity (Wildman–Crippen MR) is 50.0 cm³/mol. The van der Waals surface area contributed by atoms with Gasteiger partial charge in [-0.05, 0) is 12.1 Å². The van der Waals surface area contributed by atoms with Gasteiger partial charge in [0.25, 0.3) is 10.1 Å². The fourth-order valence-electron chi connectivity index (χ4n) is 0.952. The Morgan fingerprint density at radius 2 is 1.94 bits per heavy atom. The fraction of sp³-hybridized carbons (Fsp3) is 0. The van der Waals surface area contributed by atoms with Crippen LogP contribution < -0.4 is 29.7 Å². The Morgan fingerprint density at radius 3 is 2.31 bits per heavy atom. The number of carboxylic acids is 1. The number of nitrogens with two attached hydrogens (primary N) is 1. The monoisotopic (exact) mass is 257 g/mol. The van der Waals surface area contributed by atoms with E-state index in [-0.39, 0.29) is 23.9 Å². The maximum atomic E-state index is 10.7. The number of benzene rings is 1. The normalized spacial score (nSPS) is 10.6. The first-order chi connectivity index (χ1) is 6.73. The molecule has 0 radical (unpaired) electrons. The van der Waals surface area contributed by atoms with Gasteiger partial charge in [0.2, 0.25) is 0 Å². The summed E-state index contributed by atoms with van der Waals surface area (Å²) >= 11 is 5.45. The summed E-state index contributed by atoms with van der Waals surface area (Å²) in [6.07, 6.45) is 0. The number of hydrogen-bond donors (Lipinski definition) is 2. The van der Waals surface area contributed by atoms with Crippen LogP contribution in [0.3, 0.4) is 0 Å². The van der Waals surface area contributed by atoms with Crippen LogP contribution in [0.5, 0.6) is 0 Å². The zero-order valence-corrected chi connectivity index (χ0v) is 9.67. The van der Waals surface area contributed by atoms with Crippen LogP contribution >= 0.6 is 11.6 Å². The molecule has 0 aliphatic rings. The maximum absolute atomic E-state index is 10.7. The smallest absolute Gasteiger partial charge is 0.545 e. The van der Waals surface area contributed by atoms with Gasteiger partial charge in [0.1, 0.15) is 4.90 Å². The first kappa shape index (κ1) is 15.3. The van der Waals surface area contributed by atoms with Crippen molar-refractivity contribution in [3.05, 3.63) is 22.7 Å². The molecule has 1 aromatic rings. The quantitative estimate of drug-likeness (QED) is 0.323. The van der Waals surface area contributed by atoms with Gasteiger partial charge in [0.15, 0.2) is 0 Å². The van der Waals surface area contributed by atoms with Crippen LogP contribution in [0.15, 0.2) is 17.0 Å². The van der Waals surface area contributed by atoms with Gasteiger partial charge in [-0.1, -0.05) is 11.6 Å². The van der Waals surface area contributed by atoms with Gasteiger partial charge in [0, 0.05) is 5.56 Å². The Hall–Kier alpha value is -0.713. The van der Waals surface area contributed by atoms with E-state index in [4.69, 9.17) is 21.9 Å². The number of carboxylic acid groups (broad SMARTS) is 1. The topological polar surface area (TPSA) is 121 Å². The van der Waals surface area contributed by atoms with Crippen molar-refractivity contribution in [1.82, 2.24) is 0 Å². The molecule has 0 heterocycles. The van der Waals surface area contributed by atoms with Gasteiger partial charge >= 0.3 is 18.9 Å². The van der Waals surface area contributed by atoms with E-state index in [0.717, 1.165) is 12.1 Å². The molecule has 0 amide bonds. The molecular formula is C7H5ClLiNO5S. The van der Waals surface area contributed by atoms with Gasteiger partial charge in [0.05, 0.1) is 16.7 Å². The summed E-state index contributed by atoms with van der Waals surface area (Å²) in [4.78, 5) is 9.83. The van der Waals surface area contributed by atoms with Crippen molar-refractivity contribution in [1.29, 1.82) is 0 Å². The van der Waals surface area contributed by atoms with Crippen molar-refractivity contribution >= 4 is 33.4 Å². The molecular weight excluding hydrogens is 253 g/mol. The number of nitrogen functional groups attached to an aromatic ring is 1. The van der Waals surface area contributed by atoms with E-state index >= 15 is 0 Å². The Labute approximate surface area is 108 Å². The van der Waals surface area contributed by atoms with Crippen LogP contribution in [0, 0.1) is 0 Å². The van der Waals surface area contributed by atoms with E-state index in [2.05, 4.69) is 0 Å². The predicted octanol–water partition coefficient (Wildman–Crippen LogP) is -3.46. The zero-order chi connectivity index (χ0) is 11.8. The molecule has 3 N–H and O–H groups in total. The molecule has 9 heteroatoms. The molecule has 0 aliphatic heterocycles. The Bertz CT molecular complexity index is 530. The van der Waals surface area contributed by atoms with Crippen LogP contribution in [-0.2, 0) is 10.1 Å². The third kappa shape index (κ3) is 3.14. The van der Waals surface area contributed by atoms with E-state index in [1.165, 1.54) is 0 Å². The zero-order valence-electron chi connectivity index (χ0n) is 8.10. The van der Waals surface area contributed by atoms with Crippen molar-refractivity contribution in [2.24, 2.45) is 0 Å². The Kier molecular flexibility index (Phi) is 4.85. The summed E-state index contributed by atoms with van der Waals surface area (Å²) in [7, 11) is -4.52. The summed E-state index contributed by atoms with van der Waals surface area (Å²) in [5, 5.41) is 10.1.